The highest BCUT2D eigenvalue weighted by atomic mass is 79.9. The first-order valence-corrected chi connectivity index (χ1v) is 17.1. The number of Topliss-reactive ketones (excluding diaryl/α,β-unsaturated/α-hetero) is 1. The number of fused-ring (bicyclic) bond motifs is 4. The SMILES string of the molecule is CN(C)c1ccc(N=Nc2ccc(N3C(=O)[C@H]4[C@H](CC=C5[C@H](C6=COc7ccc(O)cc7C6)C6=C(C[C@H]54)C(=O)C(Br)=CC6=O)C3=O)cc2)cc1. The largest absolute Gasteiger partial charge is 0.508 e. The van der Waals surface area contributed by atoms with E-state index in [9.17, 15) is 24.3 Å². The minimum absolute atomic E-state index is 0.0895. The van der Waals surface area contributed by atoms with Crippen LogP contribution in [-0.4, -0.2) is 42.6 Å². The molecule has 50 heavy (non-hydrogen) atoms. The van der Waals surface area contributed by atoms with Gasteiger partial charge in [0.2, 0.25) is 11.8 Å². The molecule has 0 radical (unpaired) electrons. The molecule has 1 fully saturated rings. The van der Waals surface area contributed by atoms with E-state index in [4.69, 9.17) is 4.74 Å². The second kappa shape index (κ2) is 12.2. The fourth-order valence-corrected chi connectivity index (χ4v) is 8.32. The number of halogens is 1. The molecule has 4 atom stereocenters. The van der Waals surface area contributed by atoms with Gasteiger partial charge in [0.1, 0.15) is 11.5 Å². The van der Waals surface area contributed by atoms with E-state index in [0.29, 0.717) is 46.8 Å². The van der Waals surface area contributed by atoms with E-state index in [0.717, 1.165) is 22.4 Å². The van der Waals surface area contributed by atoms with Crippen LogP contribution in [0.4, 0.5) is 22.7 Å². The zero-order valence-corrected chi connectivity index (χ0v) is 28.8. The normalized spacial score (nSPS) is 24.2. The summed E-state index contributed by atoms with van der Waals surface area (Å²) in [6.45, 7) is 0. The minimum Gasteiger partial charge on any atom is -0.508 e. The zero-order chi connectivity index (χ0) is 34.8. The Morgan fingerprint density at radius 1 is 0.900 bits per heavy atom. The van der Waals surface area contributed by atoms with Gasteiger partial charge in [-0.3, -0.25) is 24.1 Å². The van der Waals surface area contributed by atoms with Crippen LogP contribution >= 0.6 is 15.9 Å². The van der Waals surface area contributed by atoms with E-state index in [1.165, 1.54) is 11.0 Å². The summed E-state index contributed by atoms with van der Waals surface area (Å²) in [5, 5.41) is 18.8. The molecule has 0 saturated carbocycles. The monoisotopic (exact) mass is 730 g/mol. The molecule has 2 amide bonds. The first-order valence-electron chi connectivity index (χ1n) is 16.3. The maximum absolute atomic E-state index is 14.3. The number of phenols is 1. The lowest BCUT2D eigenvalue weighted by molar-refractivity contribution is -0.123. The van der Waals surface area contributed by atoms with Crippen molar-refractivity contribution < 1.29 is 29.0 Å². The summed E-state index contributed by atoms with van der Waals surface area (Å²) >= 11 is 3.27. The summed E-state index contributed by atoms with van der Waals surface area (Å²) in [6.07, 6.45) is 5.76. The Bertz CT molecular complexity index is 2160. The second-order valence-electron chi connectivity index (χ2n) is 13.3. The highest BCUT2D eigenvalue weighted by Crippen LogP contribution is 2.55. The number of carbonyl (C=O) groups is 4. The summed E-state index contributed by atoms with van der Waals surface area (Å²) < 4.78 is 6.13. The molecular formula is C39H31BrN4O6. The number of ketones is 2. The summed E-state index contributed by atoms with van der Waals surface area (Å²) in [5.74, 6) is -2.93. The minimum atomic E-state index is -0.711. The van der Waals surface area contributed by atoms with Crippen LogP contribution in [0.1, 0.15) is 18.4 Å². The van der Waals surface area contributed by atoms with Gasteiger partial charge in [0.05, 0.1) is 39.6 Å². The number of nitrogens with zero attached hydrogens (tertiary/aromatic N) is 4. The van der Waals surface area contributed by atoms with E-state index < -0.39 is 23.7 Å². The zero-order valence-electron chi connectivity index (χ0n) is 27.2. The topological polar surface area (TPSA) is 129 Å². The van der Waals surface area contributed by atoms with Crippen LogP contribution in [0.3, 0.4) is 0 Å². The Morgan fingerprint density at radius 2 is 1.60 bits per heavy atom. The third-order valence-corrected chi connectivity index (χ3v) is 10.8. The molecule has 11 heteroatoms. The fraction of sp³-hybridized carbons (Fsp3) is 0.231. The number of imide groups is 1. The van der Waals surface area contributed by atoms with Crippen molar-refractivity contribution >= 4 is 62.1 Å². The van der Waals surface area contributed by atoms with Crippen molar-refractivity contribution in [2.24, 2.45) is 33.9 Å². The molecule has 3 aliphatic carbocycles. The van der Waals surface area contributed by atoms with Gasteiger partial charge in [-0.05, 0) is 107 Å². The van der Waals surface area contributed by atoms with Crippen LogP contribution < -0.4 is 14.5 Å². The van der Waals surface area contributed by atoms with E-state index in [-0.39, 0.29) is 40.0 Å². The molecule has 10 nitrogen and oxygen atoms in total. The van der Waals surface area contributed by atoms with Gasteiger partial charge in [0.15, 0.2) is 11.6 Å². The summed E-state index contributed by atoms with van der Waals surface area (Å²) in [7, 11) is 3.93. The van der Waals surface area contributed by atoms with Crippen LogP contribution in [0.2, 0.25) is 0 Å². The number of allylic oxidation sites excluding steroid dienone is 7. The smallest absolute Gasteiger partial charge is 0.238 e. The van der Waals surface area contributed by atoms with Crippen molar-refractivity contribution in [3.63, 3.8) is 0 Å². The number of carbonyl (C=O) groups excluding carboxylic acids is 4. The van der Waals surface area contributed by atoms with Crippen LogP contribution in [0.5, 0.6) is 11.5 Å². The number of hydrogen-bond donors (Lipinski definition) is 1. The van der Waals surface area contributed by atoms with Crippen LogP contribution in [0.15, 0.2) is 122 Å². The lowest BCUT2D eigenvalue weighted by Crippen LogP contribution is -2.41. The second-order valence-corrected chi connectivity index (χ2v) is 14.2. The third-order valence-electron chi connectivity index (χ3n) is 10.2. The molecule has 0 bridgehead atoms. The number of amides is 2. The maximum atomic E-state index is 14.3. The molecule has 1 N–H and O–H groups in total. The first kappa shape index (κ1) is 31.8. The highest BCUT2D eigenvalue weighted by molar-refractivity contribution is 9.12. The number of ether oxygens (including phenoxy) is 1. The van der Waals surface area contributed by atoms with Gasteiger partial charge in [0, 0.05) is 54.9 Å². The van der Waals surface area contributed by atoms with Gasteiger partial charge in [-0.1, -0.05) is 11.6 Å². The number of azo groups is 1. The number of rotatable bonds is 5. The number of phenolic OH excluding ortho intramolecular Hbond substituents is 1. The van der Waals surface area contributed by atoms with E-state index >= 15 is 0 Å². The van der Waals surface area contributed by atoms with Gasteiger partial charge in [-0.25, -0.2) is 0 Å². The average Bonchev–Trinajstić information content (AvgIpc) is 3.37. The van der Waals surface area contributed by atoms with E-state index in [2.05, 4.69) is 26.2 Å². The molecular weight excluding hydrogens is 700 g/mol. The highest BCUT2D eigenvalue weighted by Gasteiger charge is 2.57. The Hall–Kier alpha value is -5.42. The van der Waals surface area contributed by atoms with Crippen molar-refractivity contribution in [2.45, 2.75) is 19.3 Å². The predicted molar refractivity (Wildman–Crippen MR) is 190 cm³/mol. The Morgan fingerprint density at radius 3 is 2.30 bits per heavy atom. The molecule has 2 aliphatic heterocycles. The summed E-state index contributed by atoms with van der Waals surface area (Å²) in [6, 6.07) is 19.3. The summed E-state index contributed by atoms with van der Waals surface area (Å²) in [5.41, 5.74) is 5.81. The predicted octanol–water partition coefficient (Wildman–Crippen LogP) is 7.19. The van der Waals surface area contributed by atoms with Crippen molar-refractivity contribution in [2.75, 3.05) is 23.9 Å². The quantitative estimate of drug-likeness (QED) is 0.127. The third kappa shape index (κ3) is 5.24. The van der Waals surface area contributed by atoms with Crippen LogP contribution in [0.25, 0.3) is 0 Å². The van der Waals surface area contributed by atoms with E-state index in [1.54, 1.807) is 48.7 Å². The first-order chi connectivity index (χ1) is 24.1. The molecule has 3 aromatic rings. The molecule has 250 valence electrons. The van der Waals surface area contributed by atoms with Crippen molar-refractivity contribution in [1.82, 2.24) is 0 Å². The van der Waals surface area contributed by atoms with Gasteiger partial charge in [0.25, 0.3) is 0 Å². The number of hydrogen-bond acceptors (Lipinski definition) is 9. The van der Waals surface area contributed by atoms with Gasteiger partial charge in [-0.15, -0.1) is 0 Å². The molecule has 0 spiro atoms. The molecule has 5 aliphatic rings. The van der Waals surface area contributed by atoms with Crippen LogP contribution in [-0.2, 0) is 25.6 Å². The fourth-order valence-electron chi connectivity index (χ4n) is 7.87. The number of aromatic hydroxyl groups is 1. The van der Waals surface area contributed by atoms with Gasteiger partial charge >= 0.3 is 0 Å². The molecule has 3 aromatic carbocycles. The Kier molecular flexibility index (Phi) is 7.75. The van der Waals surface area contributed by atoms with Crippen molar-refractivity contribution in [3.8, 4) is 11.5 Å². The standard InChI is InChI=1S/C39H31BrN4O6/c1-43(2)24-7-3-22(4-8-24)41-42-23-5-9-25(10-6-23)44-38(48)28-13-12-27-29(35(28)39(44)49)17-30-36(32(46)18-31(40)37(30)47)34(27)21-15-20-16-26(45)11-14-33(20)50-19-21/h3-12,14,16,18-19,28-29,34-35,45H,13,15,17H2,1-2H3/t28-,29+,34-,35-/m0/s1. The van der Waals surface area contributed by atoms with Crippen molar-refractivity contribution in [3.05, 3.63) is 117 Å². The number of benzene rings is 3. The lowest BCUT2D eigenvalue weighted by Gasteiger charge is -2.43. The lowest BCUT2D eigenvalue weighted by atomic mass is 9.59. The van der Waals surface area contributed by atoms with Gasteiger partial charge < -0.3 is 14.7 Å². The summed E-state index contributed by atoms with van der Waals surface area (Å²) in [4.78, 5) is 58.6. The Balaban J connectivity index is 1.09. The molecule has 1 saturated heterocycles. The molecule has 2 heterocycles. The van der Waals surface area contributed by atoms with E-state index in [1.807, 2.05) is 49.3 Å². The van der Waals surface area contributed by atoms with Crippen molar-refractivity contribution in [1.29, 1.82) is 0 Å². The number of anilines is 2. The molecule has 0 unspecified atom stereocenters. The maximum Gasteiger partial charge on any atom is 0.238 e. The molecule has 8 rings (SSSR count). The van der Waals surface area contributed by atoms with Crippen LogP contribution in [0, 0.1) is 23.7 Å². The average molecular weight is 732 g/mol. The Labute approximate surface area is 296 Å². The van der Waals surface area contributed by atoms with Gasteiger partial charge in [-0.2, -0.15) is 10.2 Å². The molecule has 0 aromatic heterocycles.